The number of ether oxygens (including phenoxy) is 1. The van der Waals surface area contributed by atoms with Gasteiger partial charge in [-0.25, -0.2) is 12.7 Å². The SMILES string of the molecule is CN(C)S(=O)(=O)c1ccc(Cl)c(C(=O)Nc2ccccc2OC(F)(F)F)c1. The highest BCUT2D eigenvalue weighted by Crippen LogP contribution is 2.31. The largest absolute Gasteiger partial charge is 0.573 e. The average Bonchev–Trinajstić information content (AvgIpc) is 2.55. The minimum Gasteiger partial charge on any atom is -0.404 e. The first kappa shape index (κ1) is 21.0. The molecule has 1 amide bonds. The molecule has 0 aliphatic rings. The maximum Gasteiger partial charge on any atom is 0.573 e. The third-order valence-electron chi connectivity index (χ3n) is 3.32. The van der Waals surface area contributed by atoms with Gasteiger partial charge in [-0.05, 0) is 30.3 Å². The van der Waals surface area contributed by atoms with Gasteiger partial charge in [0.2, 0.25) is 10.0 Å². The summed E-state index contributed by atoms with van der Waals surface area (Å²) < 4.78 is 66.6. The van der Waals surface area contributed by atoms with Crippen LogP contribution in [0.3, 0.4) is 0 Å². The predicted octanol–water partition coefficient (Wildman–Crippen LogP) is 3.74. The summed E-state index contributed by atoms with van der Waals surface area (Å²) in [6.07, 6.45) is -4.95. The average molecular weight is 423 g/mol. The topological polar surface area (TPSA) is 75.7 Å². The van der Waals surface area contributed by atoms with Gasteiger partial charge in [-0.15, -0.1) is 13.2 Å². The van der Waals surface area contributed by atoms with Crippen LogP contribution in [0.25, 0.3) is 0 Å². The van der Waals surface area contributed by atoms with E-state index in [9.17, 15) is 26.4 Å². The lowest BCUT2D eigenvalue weighted by molar-refractivity contribution is -0.274. The summed E-state index contributed by atoms with van der Waals surface area (Å²) in [7, 11) is -1.21. The maximum atomic E-state index is 12.5. The summed E-state index contributed by atoms with van der Waals surface area (Å²) in [5, 5.41) is 2.17. The van der Waals surface area contributed by atoms with E-state index in [1.165, 1.54) is 44.4 Å². The molecule has 2 aromatic rings. The van der Waals surface area contributed by atoms with Crippen LogP contribution in [0.15, 0.2) is 47.4 Å². The number of amides is 1. The first-order valence-corrected chi connectivity index (χ1v) is 9.12. The van der Waals surface area contributed by atoms with Crippen molar-refractivity contribution in [1.82, 2.24) is 4.31 Å². The number of halogens is 4. The summed E-state index contributed by atoms with van der Waals surface area (Å²) in [5.74, 6) is -1.51. The summed E-state index contributed by atoms with van der Waals surface area (Å²) in [5.41, 5.74) is -0.474. The zero-order valence-electron chi connectivity index (χ0n) is 14.0. The van der Waals surface area contributed by atoms with Gasteiger partial charge in [0.1, 0.15) is 0 Å². The van der Waals surface area contributed by atoms with Gasteiger partial charge in [-0.3, -0.25) is 4.79 Å². The van der Waals surface area contributed by atoms with Crippen molar-refractivity contribution in [2.75, 3.05) is 19.4 Å². The number of carbonyl (C=O) groups is 1. The Morgan fingerprint density at radius 2 is 1.78 bits per heavy atom. The number of rotatable bonds is 5. The van der Waals surface area contributed by atoms with Gasteiger partial charge in [0.05, 0.1) is 21.2 Å². The third-order valence-corrected chi connectivity index (χ3v) is 5.46. The zero-order chi connectivity index (χ0) is 20.4. The monoisotopic (exact) mass is 422 g/mol. The molecule has 1 N–H and O–H groups in total. The number of sulfonamides is 1. The van der Waals surface area contributed by atoms with E-state index in [4.69, 9.17) is 11.6 Å². The number of hydrogen-bond acceptors (Lipinski definition) is 4. The summed E-state index contributed by atoms with van der Waals surface area (Å²) >= 11 is 5.95. The quantitative estimate of drug-likeness (QED) is 0.796. The van der Waals surface area contributed by atoms with Crippen molar-refractivity contribution in [2.45, 2.75) is 11.3 Å². The van der Waals surface area contributed by atoms with Crippen molar-refractivity contribution in [2.24, 2.45) is 0 Å². The van der Waals surface area contributed by atoms with Crippen molar-refractivity contribution in [3.05, 3.63) is 53.1 Å². The first-order chi connectivity index (χ1) is 12.4. The van der Waals surface area contributed by atoms with Gasteiger partial charge in [-0.2, -0.15) is 0 Å². The third kappa shape index (κ3) is 5.12. The summed E-state index contributed by atoms with van der Waals surface area (Å²) in [4.78, 5) is 12.3. The molecule has 0 saturated heterocycles. The number of nitrogens with one attached hydrogen (secondary N) is 1. The van der Waals surface area contributed by atoms with Gasteiger partial charge < -0.3 is 10.1 Å². The smallest absolute Gasteiger partial charge is 0.404 e. The molecule has 0 radical (unpaired) electrons. The van der Waals surface area contributed by atoms with E-state index in [0.29, 0.717) is 0 Å². The number of carbonyl (C=O) groups excluding carboxylic acids is 1. The molecule has 0 unspecified atom stereocenters. The molecule has 0 fully saturated rings. The predicted molar refractivity (Wildman–Crippen MR) is 93.4 cm³/mol. The first-order valence-electron chi connectivity index (χ1n) is 7.30. The Bertz CT molecular complexity index is 962. The number of nitrogens with zero attached hydrogens (tertiary/aromatic N) is 1. The van der Waals surface area contributed by atoms with Gasteiger partial charge in [-0.1, -0.05) is 23.7 Å². The van der Waals surface area contributed by atoms with Gasteiger partial charge in [0, 0.05) is 14.1 Å². The van der Waals surface area contributed by atoms with Crippen LogP contribution in [0, 0.1) is 0 Å². The highest BCUT2D eigenvalue weighted by Gasteiger charge is 2.32. The van der Waals surface area contributed by atoms with Crippen LogP contribution in [0.2, 0.25) is 5.02 Å². The van der Waals surface area contributed by atoms with Crippen molar-refractivity contribution in [3.63, 3.8) is 0 Å². The molecule has 0 aliphatic carbocycles. The fraction of sp³-hybridized carbons (Fsp3) is 0.188. The van der Waals surface area contributed by atoms with Crippen LogP contribution in [-0.2, 0) is 10.0 Å². The van der Waals surface area contributed by atoms with Crippen LogP contribution < -0.4 is 10.1 Å². The zero-order valence-corrected chi connectivity index (χ0v) is 15.6. The number of alkyl halides is 3. The Kier molecular flexibility index (Phi) is 6.03. The molecule has 2 rings (SSSR count). The molecule has 27 heavy (non-hydrogen) atoms. The molecule has 0 spiro atoms. The Labute approximate surface area is 158 Å². The second-order valence-corrected chi connectivity index (χ2v) is 7.99. The van der Waals surface area contributed by atoms with Gasteiger partial charge in [0.15, 0.2) is 5.75 Å². The van der Waals surface area contributed by atoms with Crippen molar-refractivity contribution >= 4 is 33.2 Å². The molecule has 6 nitrogen and oxygen atoms in total. The Hall–Kier alpha value is -2.30. The Balaban J connectivity index is 2.38. The Morgan fingerprint density at radius 1 is 1.15 bits per heavy atom. The van der Waals surface area contributed by atoms with E-state index >= 15 is 0 Å². The molecule has 0 heterocycles. The van der Waals surface area contributed by atoms with Crippen LogP contribution >= 0.6 is 11.6 Å². The summed E-state index contributed by atoms with van der Waals surface area (Å²) in [6.45, 7) is 0. The summed E-state index contributed by atoms with van der Waals surface area (Å²) in [6, 6.07) is 8.40. The second kappa shape index (κ2) is 7.75. The molecule has 146 valence electrons. The number of anilines is 1. The molecular weight excluding hydrogens is 409 g/mol. The molecule has 0 bridgehead atoms. The molecule has 0 atom stereocenters. The standard InChI is InChI=1S/C16H14ClF3N2O4S/c1-22(2)27(24,25)10-7-8-12(17)11(9-10)15(23)21-13-5-3-4-6-14(13)26-16(18,19)20/h3-9H,1-2H3,(H,21,23). The van der Waals surface area contributed by atoms with Crippen LogP contribution in [0.1, 0.15) is 10.4 Å². The minimum atomic E-state index is -4.95. The minimum absolute atomic E-state index is 0.0700. The van der Waals surface area contributed by atoms with E-state index < -0.39 is 28.0 Å². The Morgan fingerprint density at radius 3 is 2.37 bits per heavy atom. The van der Waals surface area contributed by atoms with Gasteiger partial charge >= 0.3 is 6.36 Å². The maximum absolute atomic E-state index is 12.5. The molecule has 2 aromatic carbocycles. The highest BCUT2D eigenvalue weighted by atomic mass is 35.5. The normalized spacial score (nSPS) is 12.1. The lowest BCUT2D eigenvalue weighted by Gasteiger charge is -2.15. The van der Waals surface area contributed by atoms with E-state index in [1.807, 2.05) is 0 Å². The van der Waals surface area contributed by atoms with Crippen LogP contribution in [0.5, 0.6) is 5.75 Å². The molecule has 11 heteroatoms. The van der Waals surface area contributed by atoms with E-state index in [0.717, 1.165) is 16.4 Å². The molecule has 0 aromatic heterocycles. The molecule has 0 saturated carbocycles. The van der Waals surface area contributed by atoms with Crippen molar-refractivity contribution in [1.29, 1.82) is 0 Å². The number of benzene rings is 2. The van der Waals surface area contributed by atoms with Crippen LogP contribution in [0.4, 0.5) is 18.9 Å². The molecule has 0 aliphatic heterocycles. The van der Waals surface area contributed by atoms with E-state index in [-0.39, 0.29) is 21.2 Å². The number of para-hydroxylation sites is 2. The van der Waals surface area contributed by atoms with Crippen molar-refractivity contribution < 1.29 is 31.1 Å². The van der Waals surface area contributed by atoms with Crippen molar-refractivity contribution in [3.8, 4) is 5.75 Å². The van der Waals surface area contributed by atoms with E-state index in [2.05, 4.69) is 10.1 Å². The van der Waals surface area contributed by atoms with E-state index in [1.54, 1.807) is 0 Å². The fourth-order valence-electron chi connectivity index (χ4n) is 2.02. The second-order valence-electron chi connectivity index (χ2n) is 5.43. The van der Waals surface area contributed by atoms with Crippen LogP contribution in [-0.4, -0.2) is 39.1 Å². The van der Waals surface area contributed by atoms with Gasteiger partial charge in [0.25, 0.3) is 5.91 Å². The fourth-order valence-corrected chi connectivity index (χ4v) is 3.15. The number of hydrogen-bond donors (Lipinski definition) is 1. The molecular formula is C16H14ClF3N2O4S. The lowest BCUT2D eigenvalue weighted by Crippen LogP contribution is -2.23. The highest BCUT2D eigenvalue weighted by molar-refractivity contribution is 7.89. The lowest BCUT2D eigenvalue weighted by atomic mass is 10.2.